The Hall–Kier alpha value is -3.24. The van der Waals surface area contributed by atoms with E-state index in [0.717, 1.165) is 0 Å². The molecule has 0 bridgehead atoms. The van der Waals surface area contributed by atoms with E-state index in [9.17, 15) is 19.5 Å². The van der Waals surface area contributed by atoms with Gasteiger partial charge in [-0.05, 0) is 16.0 Å². The predicted molar refractivity (Wildman–Crippen MR) is 124 cm³/mol. The quantitative estimate of drug-likeness (QED) is 0.144. The Morgan fingerprint density at radius 3 is 3.00 bits per heavy atom. The molecule has 34 heavy (non-hydrogen) atoms. The summed E-state index contributed by atoms with van der Waals surface area (Å²) in [6.45, 7) is 4.07. The number of aromatic nitrogens is 5. The first-order valence-corrected chi connectivity index (χ1v) is 12.6. The molecule has 1 unspecified atom stereocenters. The maximum absolute atomic E-state index is 12.9. The molecule has 2 atom stereocenters. The van der Waals surface area contributed by atoms with Crippen LogP contribution >= 0.6 is 34.9 Å². The van der Waals surface area contributed by atoms with Gasteiger partial charge >= 0.3 is 5.97 Å². The molecule has 0 aliphatic carbocycles. The highest BCUT2D eigenvalue weighted by atomic mass is 32.2. The molecular weight excluding hydrogens is 504 g/mol. The molecule has 4 rings (SSSR count). The summed E-state index contributed by atoms with van der Waals surface area (Å²) in [4.78, 5) is 47.7. The van der Waals surface area contributed by atoms with Gasteiger partial charge < -0.3 is 15.3 Å². The third kappa shape index (κ3) is 4.55. The number of oxime groups is 1. The molecule has 2 aliphatic heterocycles. The number of carboxylic acids is 1. The summed E-state index contributed by atoms with van der Waals surface area (Å²) >= 11 is 3.92. The molecule has 0 spiro atoms. The number of hydrogen-bond donors (Lipinski definition) is 2. The van der Waals surface area contributed by atoms with E-state index in [0.29, 0.717) is 28.7 Å². The van der Waals surface area contributed by atoms with Gasteiger partial charge in [0.1, 0.15) is 29.9 Å². The van der Waals surface area contributed by atoms with E-state index in [4.69, 9.17) is 4.84 Å². The van der Waals surface area contributed by atoms with Gasteiger partial charge in [-0.25, -0.2) is 14.5 Å². The summed E-state index contributed by atoms with van der Waals surface area (Å²) in [7, 11) is 1.30. The maximum Gasteiger partial charge on any atom is 0.352 e. The molecule has 1 fully saturated rings. The number of aliphatic carboxylic acids is 1. The van der Waals surface area contributed by atoms with Crippen molar-refractivity contribution in [1.29, 1.82) is 0 Å². The molecule has 0 saturated carbocycles. The van der Waals surface area contributed by atoms with E-state index < -0.39 is 29.2 Å². The zero-order valence-electron chi connectivity index (χ0n) is 17.7. The lowest BCUT2D eigenvalue weighted by atomic mass is 10.0. The lowest BCUT2D eigenvalue weighted by Crippen LogP contribution is -2.71. The second-order valence-corrected chi connectivity index (χ2v) is 9.60. The van der Waals surface area contributed by atoms with Crippen molar-refractivity contribution in [2.75, 3.05) is 18.6 Å². The maximum atomic E-state index is 12.9. The van der Waals surface area contributed by atoms with Gasteiger partial charge in [0, 0.05) is 16.9 Å². The van der Waals surface area contributed by atoms with Crippen molar-refractivity contribution in [1.82, 2.24) is 35.4 Å². The molecule has 4 heterocycles. The molecule has 2 aromatic rings. The van der Waals surface area contributed by atoms with Crippen LogP contribution in [0.3, 0.4) is 0 Å². The average Bonchev–Trinajstić information content (AvgIpc) is 3.51. The van der Waals surface area contributed by atoms with Gasteiger partial charge in [-0.3, -0.25) is 14.5 Å². The van der Waals surface area contributed by atoms with Gasteiger partial charge in [-0.1, -0.05) is 23.0 Å². The van der Waals surface area contributed by atoms with Crippen LogP contribution in [0.25, 0.3) is 0 Å². The predicted octanol–water partition coefficient (Wildman–Crippen LogP) is 0.197. The standard InChI is InChI=1S/C18H18N8O5S3/c1-3-4-25-18(21-23-24-25)34-6-9-5-33-16-12(15(28)26(16)13(9)17(29)30)20-14(27)11(22-31-2)10-7-32-8-19-10/h3,7-8,12,16H,1,4-6H2,2H3,(H,20,27)(H,29,30)/t12?,16-/m1/s1. The zero-order valence-corrected chi connectivity index (χ0v) is 20.1. The number of amides is 2. The number of tetrazole rings is 1. The number of fused-ring (bicyclic) bond motifs is 1. The number of nitrogens with one attached hydrogen (secondary N) is 1. The topological polar surface area (TPSA) is 165 Å². The van der Waals surface area contributed by atoms with E-state index in [1.807, 2.05) is 0 Å². The number of nitrogens with zero attached hydrogens (tertiary/aromatic N) is 7. The first-order chi connectivity index (χ1) is 16.5. The SMILES string of the molecule is C=CCn1nnnc1SCC1=C(C(=O)O)N2C(=O)C(NC(=O)C(=NOC)c3cscn3)[C@H]2SC1. The monoisotopic (exact) mass is 522 g/mol. The Balaban J connectivity index is 1.48. The van der Waals surface area contributed by atoms with Gasteiger partial charge in [0.15, 0.2) is 5.71 Å². The Morgan fingerprint density at radius 1 is 1.50 bits per heavy atom. The first-order valence-electron chi connectivity index (χ1n) is 9.66. The lowest BCUT2D eigenvalue weighted by Gasteiger charge is -2.49. The summed E-state index contributed by atoms with van der Waals surface area (Å²) in [6, 6.07) is -0.901. The number of thioether (sulfide) groups is 2. The number of β-lactam (4-membered cyclic amide) rings is 1. The molecule has 0 aromatic carbocycles. The fraction of sp³-hybridized carbons (Fsp3) is 0.333. The summed E-state index contributed by atoms with van der Waals surface area (Å²) in [5.74, 6) is -1.72. The lowest BCUT2D eigenvalue weighted by molar-refractivity contribution is -0.150. The smallest absolute Gasteiger partial charge is 0.352 e. The molecule has 2 aliphatic rings. The fourth-order valence-electron chi connectivity index (χ4n) is 3.32. The summed E-state index contributed by atoms with van der Waals surface area (Å²) < 4.78 is 1.54. The van der Waals surface area contributed by atoms with Crippen molar-refractivity contribution in [3.8, 4) is 0 Å². The molecule has 2 N–H and O–H groups in total. The summed E-state index contributed by atoms with van der Waals surface area (Å²) in [5.41, 5.74) is 2.27. The second kappa shape index (κ2) is 10.4. The molecule has 2 aromatic heterocycles. The molecule has 1 saturated heterocycles. The van der Waals surface area contributed by atoms with Crippen LogP contribution in [0.1, 0.15) is 5.69 Å². The van der Waals surface area contributed by atoms with Gasteiger partial charge in [0.05, 0.1) is 12.1 Å². The minimum Gasteiger partial charge on any atom is -0.477 e. The van der Waals surface area contributed by atoms with Gasteiger partial charge in [0.2, 0.25) is 5.16 Å². The van der Waals surface area contributed by atoms with Crippen LogP contribution in [-0.2, 0) is 25.8 Å². The van der Waals surface area contributed by atoms with Crippen molar-refractivity contribution in [2.45, 2.75) is 23.1 Å². The third-order valence-corrected chi connectivity index (χ3v) is 7.76. The fourth-order valence-corrected chi connectivity index (χ4v) is 6.23. The Kier molecular flexibility index (Phi) is 7.28. The van der Waals surface area contributed by atoms with Crippen LogP contribution in [0.15, 0.2) is 45.1 Å². The number of carbonyl (C=O) groups excluding carboxylic acids is 2. The van der Waals surface area contributed by atoms with E-state index >= 15 is 0 Å². The van der Waals surface area contributed by atoms with Gasteiger partial charge in [0.25, 0.3) is 11.8 Å². The Morgan fingerprint density at radius 2 is 2.32 bits per heavy atom. The highest BCUT2D eigenvalue weighted by Gasteiger charge is 2.54. The Bertz CT molecular complexity index is 1180. The van der Waals surface area contributed by atoms with Crippen LogP contribution in [0.5, 0.6) is 0 Å². The van der Waals surface area contributed by atoms with E-state index in [1.165, 1.54) is 46.9 Å². The van der Waals surface area contributed by atoms with E-state index in [1.54, 1.807) is 21.6 Å². The number of rotatable bonds is 10. The molecule has 2 amide bonds. The van der Waals surface area contributed by atoms with E-state index in [2.05, 4.69) is 37.6 Å². The van der Waals surface area contributed by atoms with Crippen LogP contribution < -0.4 is 5.32 Å². The second-order valence-electron chi connectivity index (χ2n) is 6.84. The number of carboxylic acid groups (broad SMARTS) is 1. The number of allylic oxidation sites excluding steroid dienone is 1. The Labute approximate surface area is 205 Å². The third-order valence-electron chi connectivity index (χ3n) is 4.79. The van der Waals surface area contributed by atoms with Crippen LogP contribution in [0, 0.1) is 0 Å². The van der Waals surface area contributed by atoms with Crippen molar-refractivity contribution in [2.24, 2.45) is 5.16 Å². The minimum absolute atomic E-state index is 0.0702. The summed E-state index contributed by atoms with van der Waals surface area (Å²) in [6.07, 6.45) is 1.65. The average molecular weight is 523 g/mol. The largest absolute Gasteiger partial charge is 0.477 e. The summed E-state index contributed by atoms with van der Waals surface area (Å²) in [5, 5.41) is 29.2. The van der Waals surface area contributed by atoms with Crippen LogP contribution in [0.4, 0.5) is 0 Å². The zero-order chi connectivity index (χ0) is 24.2. The normalized spacial score (nSPS) is 20.0. The molecule has 178 valence electrons. The highest BCUT2D eigenvalue weighted by molar-refractivity contribution is 8.01. The van der Waals surface area contributed by atoms with E-state index in [-0.39, 0.29) is 17.2 Å². The molecule has 16 heteroatoms. The van der Waals surface area contributed by atoms with Gasteiger partial charge in [-0.15, -0.1) is 34.8 Å². The van der Waals surface area contributed by atoms with Crippen molar-refractivity contribution in [3.63, 3.8) is 0 Å². The number of hydrogen-bond acceptors (Lipinski definition) is 12. The van der Waals surface area contributed by atoms with Crippen LogP contribution in [0.2, 0.25) is 0 Å². The molecule has 0 radical (unpaired) electrons. The van der Waals surface area contributed by atoms with Crippen molar-refractivity contribution in [3.05, 3.63) is 40.5 Å². The van der Waals surface area contributed by atoms with Gasteiger partial charge in [-0.2, -0.15) is 0 Å². The molecule has 13 nitrogen and oxygen atoms in total. The number of carbonyl (C=O) groups is 3. The van der Waals surface area contributed by atoms with Crippen LogP contribution in [-0.4, -0.2) is 88.7 Å². The van der Waals surface area contributed by atoms with Crippen molar-refractivity contribution >= 4 is 58.4 Å². The van der Waals surface area contributed by atoms with Crippen molar-refractivity contribution < 1.29 is 24.3 Å². The number of thiazole rings is 1. The highest BCUT2D eigenvalue weighted by Crippen LogP contribution is 2.41. The minimum atomic E-state index is -1.21. The molecular formula is C18H18N8O5S3. The first kappa shape index (κ1) is 23.9.